The first-order valence-corrected chi connectivity index (χ1v) is 9.69. The van der Waals surface area contributed by atoms with Crippen LogP contribution in [0.3, 0.4) is 0 Å². The highest BCUT2D eigenvalue weighted by molar-refractivity contribution is 7.97. The van der Waals surface area contributed by atoms with Gasteiger partial charge in [-0.15, -0.1) is 13.2 Å². The Bertz CT molecular complexity index is 553. The van der Waals surface area contributed by atoms with Crippen molar-refractivity contribution in [2.45, 2.75) is 49.9 Å². The van der Waals surface area contributed by atoms with E-state index < -0.39 is 6.36 Å². The molecule has 2 fully saturated rings. The van der Waals surface area contributed by atoms with Crippen molar-refractivity contribution in [3.8, 4) is 5.75 Å². The summed E-state index contributed by atoms with van der Waals surface area (Å²) in [6.07, 6.45) is 0.190. The molecule has 0 bridgehead atoms. The highest BCUT2D eigenvalue weighted by Gasteiger charge is 2.31. The van der Waals surface area contributed by atoms with Gasteiger partial charge in [0, 0.05) is 24.0 Å². The van der Waals surface area contributed by atoms with Gasteiger partial charge in [-0.1, -0.05) is 13.0 Å². The van der Waals surface area contributed by atoms with E-state index in [1.165, 1.54) is 50.0 Å². The first kappa shape index (κ1) is 18.9. The highest BCUT2D eigenvalue weighted by atomic mass is 32.2. The third kappa shape index (κ3) is 5.79. The van der Waals surface area contributed by atoms with Crippen LogP contribution in [0.1, 0.15) is 32.6 Å². The normalized spacial score (nSPS) is 22.2. The summed E-state index contributed by atoms with van der Waals surface area (Å²) >= 11 is 1.52. The molecule has 140 valence electrons. The summed E-state index contributed by atoms with van der Waals surface area (Å²) < 4.78 is 43.2. The second-order valence-corrected chi connectivity index (χ2v) is 8.16. The molecule has 1 aromatic rings. The van der Waals surface area contributed by atoms with E-state index >= 15 is 0 Å². The Balaban J connectivity index is 1.48. The topological polar surface area (TPSA) is 15.7 Å². The van der Waals surface area contributed by atoms with E-state index in [1.807, 2.05) is 6.07 Å². The molecular formula is C18H25F3N2OS. The molecule has 0 aliphatic carbocycles. The third-order valence-corrected chi connectivity index (χ3v) is 6.12. The third-order valence-electron chi connectivity index (χ3n) is 5.03. The average molecular weight is 374 g/mol. The van der Waals surface area contributed by atoms with Gasteiger partial charge in [-0.25, -0.2) is 4.31 Å². The van der Waals surface area contributed by atoms with Crippen LogP contribution in [0.4, 0.5) is 13.2 Å². The van der Waals surface area contributed by atoms with E-state index in [0.717, 1.165) is 36.7 Å². The molecule has 1 aromatic carbocycles. The second-order valence-electron chi connectivity index (χ2n) is 6.99. The fourth-order valence-corrected chi connectivity index (χ4v) is 4.57. The van der Waals surface area contributed by atoms with Gasteiger partial charge in [-0.3, -0.25) is 0 Å². The number of alkyl halides is 3. The molecule has 25 heavy (non-hydrogen) atoms. The lowest BCUT2D eigenvalue weighted by atomic mass is 9.95. The van der Waals surface area contributed by atoms with Gasteiger partial charge in [-0.2, -0.15) is 0 Å². The zero-order chi connectivity index (χ0) is 17.9. The Morgan fingerprint density at radius 3 is 2.36 bits per heavy atom. The molecule has 3 rings (SSSR count). The Morgan fingerprint density at radius 1 is 1.04 bits per heavy atom. The smallest absolute Gasteiger partial charge is 0.406 e. The van der Waals surface area contributed by atoms with Crippen molar-refractivity contribution in [2.75, 3.05) is 26.2 Å². The summed E-state index contributed by atoms with van der Waals surface area (Å²) in [6, 6.07) is 6.87. The van der Waals surface area contributed by atoms with Crippen LogP contribution in [0.2, 0.25) is 0 Å². The largest absolute Gasteiger partial charge is 0.573 e. The zero-order valence-corrected chi connectivity index (χ0v) is 15.3. The van der Waals surface area contributed by atoms with Crippen LogP contribution in [0.15, 0.2) is 29.2 Å². The van der Waals surface area contributed by atoms with Crippen molar-refractivity contribution in [2.24, 2.45) is 5.92 Å². The van der Waals surface area contributed by atoms with Gasteiger partial charge >= 0.3 is 6.36 Å². The fraction of sp³-hybridized carbons (Fsp3) is 0.667. The Morgan fingerprint density at radius 2 is 1.72 bits per heavy atom. The average Bonchev–Trinajstić information content (AvgIpc) is 2.55. The molecule has 2 heterocycles. The van der Waals surface area contributed by atoms with Crippen molar-refractivity contribution >= 4 is 11.9 Å². The zero-order valence-electron chi connectivity index (χ0n) is 14.5. The van der Waals surface area contributed by atoms with Gasteiger partial charge in [-0.05, 0) is 74.8 Å². The van der Waals surface area contributed by atoms with Crippen LogP contribution in [0.5, 0.6) is 5.75 Å². The molecule has 0 amide bonds. The first-order chi connectivity index (χ1) is 11.9. The number of halogens is 3. The predicted molar refractivity (Wildman–Crippen MR) is 93.5 cm³/mol. The predicted octanol–water partition coefficient (Wildman–Crippen LogP) is 4.79. The summed E-state index contributed by atoms with van der Waals surface area (Å²) in [5.41, 5.74) is 0. The quantitative estimate of drug-likeness (QED) is 0.704. The summed E-state index contributed by atoms with van der Waals surface area (Å²) in [7, 11) is 0. The van der Waals surface area contributed by atoms with Crippen LogP contribution < -0.4 is 4.74 Å². The summed E-state index contributed by atoms with van der Waals surface area (Å²) in [4.78, 5) is 3.41. The number of rotatable bonds is 4. The van der Waals surface area contributed by atoms with E-state index in [0.29, 0.717) is 6.04 Å². The molecule has 2 aliphatic heterocycles. The maximum absolute atomic E-state index is 12.3. The maximum atomic E-state index is 12.3. The van der Waals surface area contributed by atoms with E-state index in [-0.39, 0.29) is 5.75 Å². The fourth-order valence-electron chi connectivity index (χ4n) is 3.57. The standard InChI is InChI=1S/C18H25F3N2OS/c1-14-5-9-22(10-6-14)15-7-11-23(12-8-15)25-17-4-2-3-16(13-17)24-18(19,20)21/h2-4,13-15H,5-12H2,1H3. The van der Waals surface area contributed by atoms with Crippen molar-refractivity contribution in [1.29, 1.82) is 0 Å². The molecule has 3 nitrogen and oxygen atoms in total. The minimum absolute atomic E-state index is 0.158. The van der Waals surface area contributed by atoms with Crippen molar-refractivity contribution in [3.63, 3.8) is 0 Å². The van der Waals surface area contributed by atoms with E-state index in [1.54, 1.807) is 6.07 Å². The van der Waals surface area contributed by atoms with E-state index in [4.69, 9.17) is 0 Å². The minimum Gasteiger partial charge on any atom is -0.406 e. The lowest BCUT2D eigenvalue weighted by Crippen LogP contribution is -2.46. The number of piperidine rings is 2. The molecule has 0 radical (unpaired) electrons. The van der Waals surface area contributed by atoms with Gasteiger partial charge in [0.05, 0.1) is 0 Å². The summed E-state index contributed by atoms with van der Waals surface area (Å²) in [6.45, 7) is 6.66. The molecule has 7 heteroatoms. The number of likely N-dealkylation sites (tertiary alicyclic amines) is 1. The van der Waals surface area contributed by atoms with Crippen molar-refractivity contribution in [1.82, 2.24) is 9.21 Å². The monoisotopic (exact) mass is 374 g/mol. The van der Waals surface area contributed by atoms with Crippen LogP contribution in [0, 0.1) is 5.92 Å². The Hall–Kier alpha value is -0.920. The highest BCUT2D eigenvalue weighted by Crippen LogP contribution is 2.32. The summed E-state index contributed by atoms with van der Waals surface area (Å²) in [5, 5.41) is 0. The van der Waals surface area contributed by atoms with Crippen LogP contribution in [0.25, 0.3) is 0 Å². The number of hydrogen-bond donors (Lipinski definition) is 0. The maximum Gasteiger partial charge on any atom is 0.573 e. The number of hydrogen-bond acceptors (Lipinski definition) is 4. The SMILES string of the molecule is CC1CCN(C2CCN(Sc3cccc(OC(F)(F)F)c3)CC2)CC1. The van der Waals surface area contributed by atoms with Gasteiger partial charge in [0.2, 0.25) is 0 Å². The molecular weight excluding hydrogens is 349 g/mol. The van der Waals surface area contributed by atoms with Crippen LogP contribution in [-0.4, -0.2) is 47.8 Å². The molecule has 0 spiro atoms. The number of ether oxygens (including phenoxy) is 1. The number of benzene rings is 1. The molecule has 0 saturated carbocycles. The van der Waals surface area contributed by atoms with Crippen molar-refractivity contribution < 1.29 is 17.9 Å². The minimum atomic E-state index is -4.65. The lowest BCUT2D eigenvalue weighted by molar-refractivity contribution is -0.274. The molecule has 0 unspecified atom stereocenters. The summed E-state index contributed by atoms with van der Waals surface area (Å²) in [5.74, 6) is 0.688. The van der Waals surface area contributed by atoms with Gasteiger partial charge in [0.15, 0.2) is 0 Å². The van der Waals surface area contributed by atoms with Crippen molar-refractivity contribution in [3.05, 3.63) is 24.3 Å². The van der Waals surface area contributed by atoms with E-state index in [2.05, 4.69) is 20.9 Å². The molecule has 2 saturated heterocycles. The van der Waals surface area contributed by atoms with Crippen LogP contribution >= 0.6 is 11.9 Å². The Kier molecular flexibility index (Phi) is 6.17. The molecule has 0 N–H and O–H groups in total. The molecule has 0 atom stereocenters. The van der Waals surface area contributed by atoms with Gasteiger partial charge < -0.3 is 9.64 Å². The van der Waals surface area contributed by atoms with E-state index in [9.17, 15) is 13.2 Å². The lowest BCUT2D eigenvalue weighted by Gasteiger charge is -2.41. The Labute approximate surface area is 151 Å². The first-order valence-electron chi connectivity index (χ1n) is 8.92. The van der Waals surface area contributed by atoms with Gasteiger partial charge in [0.1, 0.15) is 5.75 Å². The number of nitrogens with zero attached hydrogens (tertiary/aromatic N) is 2. The molecule has 0 aromatic heterocycles. The molecule has 2 aliphatic rings. The van der Waals surface area contributed by atoms with Gasteiger partial charge in [0.25, 0.3) is 0 Å². The van der Waals surface area contributed by atoms with Crippen LogP contribution in [-0.2, 0) is 0 Å². The second kappa shape index (κ2) is 8.18.